The molecule has 2 aromatic rings. The predicted molar refractivity (Wildman–Crippen MR) is 57.3 cm³/mol. The van der Waals surface area contributed by atoms with Gasteiger partial charge in [0.15, 0.2) is 5.76 Å². The molecule has 0 spiro atoms. The predicted octanol–water partition coefficient (Wildman–Crippen LogP) is 2.21. The Morgan fingerprint density at radius 2 is 2.43 bits per heavy atom. The quantitative estimate of drug-likeness (QED) is 0.841. The van der Waals surface area contributed by atoms with Crippen LogP contribution in [0.4, 0.5) is 0 Å². The summed E-state index contributed by atoms with van der Waals surface area (Å²) in [6.07, 6.45) is 0.822. The van der Waals surface area contributed by atoms with E-state index in [1.54, 1.807) is 11.3 Å². The second-order valence-electron chi connectivity index (χ2n) is 3.09. The lowest BCUT2D eigenvalue weighted by Crippen LogP contribution is -2.03. The zero-order valence-corrected chi connectivity index (χ0v) is 8.80. The van der Waals surface area contributed by atoms with Crippen LogP contribution < -0.4 is 5.73 Å². The molecule has 74 valence electrons. The maximum absolute atomic E-state index is 5.54. The number of hydrogen-bond donors (Lipinski definition) is 1. The van der Waals surface area contributed by atoms with Gasteiger partial charge in [-0.1, -0.05) is 11.2 Å². The van der Waals surface area contributed by atoms with Crippen LogP contribution in [0.3, 0.4) is 0 Å². The van der Waals surface area contributed by atoms with Crippen LogP contribution in [0.25, 0.3) is 10.6 Å². The van der Waals surface area contributed by atoms with Crippen molar-refractivity contribution < 1.29 is 4.52 Å². The van der Waals surface area contributed by atoms with E-state index >= 15 is 0 Å². The lowest BCUT2D eigenvalue weighted by molar-refractivity contribution is 0.427. The van der Waals surface area contributed by atoms with Crippen molar-refractivity contribution in [3.63, 3.8) is 0 Å². The van der Waals surface area contributed by atoms with Crippen molar-refractivity contribution in [2.24, 2.45) is 5.73 Å². The van der Waals surface area contributed by atoms with Gasteiger partial charge in [-0.05, 0) is 31.3 Å². The second kappa shape index (κ2) is 3.94. The summed E-state index contributed by atoms with van der Waals surface area (Å²) in [5.74, 6) is 0.878. The zero-order valence-electron chi connectivity index (χ0n) is 7.99. The summed E-state index contributed by atoms with van der Waals surface area (Å²) in [6, 6.07) is 4.04. The van der Waals surface area contributed by atoms with Crippen molar-refractivity contribution in [1.29, 1.82) is 0 Å². The first-order valence-electron chi connectivity index (χ1n) is 4.52. The fourth-order valence-electron chi connectivity index (χ4n) is 1.43. The third kappa shape index (κ3) is 1.58. The van der Waals surface area contributed by atoms with Crippen molar-refractivity contribution in [2.45, 2.75) is 13.3 Å². The molecule has 2 aromatic heterocycles. The standard InChI is InChI=1S/C10H12N2OS/c1-7-8(4-5-11)10(13-12-7)9-3-2-6-14-9/h2-3,6H,4-5,11H2,1H3. The van der Waals surface area contributed by atoms with E-state index in [2.05, 4.69) is 5.16 Å². The van der Waals surface area contributed by atoms with Crippen molar-refractivity contribution in [2.75, 3.05) is 6.54 Å². The van der Waals surface area contributed by atoms with Crippen molar-refractivity contribution in [3.8, 4) is 10.6 Å². The van der Waals surface area contributed by atoms with E-state index in [1.807, 2.05) is 24.4 Å². The van der Waals surface area contributed by atoms with E-state index < -0.39 is 0 Å². The Hall–Kier alpha value is -1.13. The van der Waals surface area contributed by atoms with Gasteiger partial charge >= 0.3 is 0 Å². The Balaban J connectivity index is 2.43. The summed E-state index contributed by atoms with van der Waals surface area (Å²) in [4.78, 5) is 1.12. The third-order valence-electron chi connectivity index (χ3n) is 2.12. The zero-order chi connectivity index (χ0) is 9.97. The number of hydrogen-bond acceptors (Lipinski definition) is 4. The summed E-state index contributed by atoms with van der Waals surface area (Å²) in [5.41, 5.74) is 7.62. The number of nitrogens with two attached hydrogens (primary N) is 1. The van der Waals surface area contributed by atoms with Gasteiger partial charge in [-0.3, -0.25) is 0 Å². The van der Waals surface area contributed by atoms with Crippen LogP contribution in [0.5, 0.6) is 0 Å². The molecule has 14 heavy (non-hydrogen) atoms. The van der Waals surface area contributed by atoms with E-state index in [-0.39, 0.29) is 0 Å². The highest BCUT2D eigenvalue weighted by Gasteiger charge is 2.14. The van der Waals surface area contributed by atoms with Gasteiger partial charge in [-0.15, -0.1) is 11.3 Å². The fourth-order valence-corrected chi connectivity index (χ4v) is 2.16. The molecule has 0 fully saturated rings. The molecule has 0 aliphatic heterocycles. The first-order valence-corrected chi connectivity index (χ1v) is 5.40. The second-order valence-corrected chi connectivity index (χ2v) is 4.04. The van der Waals surface area contributed by atoms with E-state index in [0.29, 0.717) is 6.54 Å². The van der Waals surface area contributed by atoms with Gasteiger partial charge in [0.2, 0.25) is 0 Å². The van der Waals surface area contributed by atoms with E-state index in [4.69, 9.17) is 10.3 Å². The van der Waals surface area contributed by atoms with Crippen molar-refractivity contribution in [3.05, 3.63) is 28.8 Å². The minimum absolute atomic E-state index is 0.625. The molecule has 2 heterocycles. The van der Waals surface area contributed by atoms with Crippen LogP contribution in [0.2, 0.25) is 0 Å². The Kier molecular flexibility index (Phi) is 2.65. The van der Waals surface area contributed by atoms with Crippen LogP contribution in [0, 0.1) is 6.92 Å². The summed E-state index contributed by atoms with van der Waals surface area (Å²) in [5, 5.41) is 5.99. The van der Waals surface area contributed by atoms with Gasteiger partial charge in [-0.2, -0.15) is 0 Å². The molecular weight excluding hydrogens is 196 g/mol. The lowest BCUT2D eigenvalue weighted by Gasteiger charge is -1.96. The molecule has 0 saturated carbocycles. The average Bonchev–Trinajstić information content (AvgIpc) is 2.77. The van der Waals surface area contributed by atoms with Gasteiger partial charge < -0.3 is 10.3 Å². The van der Waals surface area contributed by atoms with Crippen LogP contribution in [-0.4, -0.2) is 11.7 Å². The first-order chi connectivity index (χ1) is 6.83. The molecule has 0 unspecified atom stereocenters. The molecule has 0 aliphatic rings. The van der Waals surface area contributed by atoms with Crippen LogP contribution >= 0.6 is 11.3 Å². The number of aryl methyl sites for hydroxylation is 1. The number of rotatable bonds is 3. The Morgan fingerprint density at radius 1 is 1.57 bits per heavy atom. The Bertz CT molecular complexity index is 406. The topological polar surface area (TPSA) is 52.0 Å². The summed E-state index contributed by atoms with van der Waals surface area (Å²) in [7, 11) is 0. The molecule has 0 saturated heterocycles. The highest BCUT2D eigenvalue weighted by molar-refractivity contribution is 7.13. The summed E-state index contributed by atoms with van der Waals surface area (Å²) < 4.78 is 5.30. The van der Waals surface area contributed by atoms with E-state index in [0.717, 1.165) is 28.3 Å². The average molecular weight is 208 g/mol. The third-order valence-corrected chi connectivity index (χ3v) is 2.99. The number of thiophene rings is 1. The molecule has 2 rings (SSSR count). The molecule has 0 atom stereocenters. The molecule has 2 N–H and O–H groups in total. The molecule has 0 amide bonds. The summed E-state index contributed by atoms with van der Waals surface area (Å²) in [6.45, 7) is 2.58. The smallest absolute Gasteiger partial charge is 0.180 e. The van der Waals surface area contributed by atoms with Crippen molar-refractivity contribution in [1.82, 2.24) is 5.16 Å². The van der Waals surface area contributed by atoms with Crippen LogP contribution in [0.15, 0.2) is 22.0 Å². The number of nitrogens with zero attached hydrogens (tertiary/aromatic N) is 1. The van der Waals surface area contributed by atoms with Crippen LogP contribution in [0.1, 0.15) is 11.3 Å². The van der Waals surface area contributed by atoms with Crippen molar-refractivity contribution >= 4 is 11.3 Å². The monoisotopic (exact) mass is 208 g/mol. The Labute approximate surface area is 86.5 Å². The largest absolute Gasteiger partial charge is 0.355 e. The SMILES string of the molecule is Cc1noc(-c2cccs2)c1CCN. The lowest BCUT2D eigenvalue weighted by atomic mass is 10.1. The number of aromatic nitrogens is 1. The molecule has 0 aliphatic carbocycles. The van der Waals surface area contributed by atoms with Crippen LogP contribution in [-0.2, 0) is 6.42 Å². The molecule has 0 aromatic carbocycles. The van der Waals surface area contributed by atoms with Gasteiger partial charge in [-0.25, -0.2) is 0 Å². The van der Waals surface area contributed by atoms with Gasteiger partial charge in [0, 0.05) is 5.56 Å². The normalized spacial score (nSPS) is 10.7. The fraction of sp³-hybridized carbons (Fsp3) is 0.300. The molecule has 0 bridgehead atoms. The highest BCUT2D eigenvalue weighted by atomic mass is 32.1. The molecular formula is C10H12N2OS. The Morgan fingerprint density at radius 3 is 3.07 bits per heavy atom. The minimum Gasteiger partial charge on any atom is -0.355 e. The van der Waals surface area contributed by atoms with E-state index in [9.17, 15) is 0 Å². The highest BCUT2D eigenvalue weighted by Crippen LogP contribution is 2.29. The van der Waals surface area contributed by atoms with Gasteiger partial charge in [0.25, 0.3) is 0 Å². The molecule has 3 nitrogen and oxygen atoms in total. The summed E-state index contributed by atoms with van der Waals surface area (Å²) >= 11 is 1.65. The van der Waals surface area contributed by atoms with Gasteiger partial charge in [0.1, 0.15) is 0 Å². The van der Waals surface area contributed by atoms with Gasteiger partial charge in [0.05, 0.1) is 10.6 Å². The maximum Gasteiger partial charge on any atom is 0.180 e. The van der Waals surface area contributed by atoms with E-state index in [1.165, 1.54) is 0 Å². The molecule has 4 heteroatoms. The molecule has 0 radical (unpaired) electrons. The minimum atomic E-state index is 0.625. The first kappa shape index (κ1) is 9.43. The maximum atomic E-state index is 5.54.